The number of hydrogen-bond acceptors (Lipinski definition) is 4. The zero-order valence-electron chi connectivity index (χ0n) is 15.7. The van der Waals surface area contributed by atoms with Gasteiger partial charge in [0.1, 0.15) is 11.9 Å². The second-order valence-corrected chi connectivity index (χ2v) is 8.89. The monoisotopic (exact) mass is 403 g/mol. The van der Waals surface area contributed by atoms with E-state index < -0.39 is 16.8 Å². The Bertz CT molecular complexity index is 1080. The van der Waals surface area contributed by atoms with Gasteiger partial charge in [0.15, 0.2) is 0 Å². The van der Waals surface area contributed by atoms with Crippen LogP contribution < -0.4 is 5.32 Å². The lowest BCUT2D eigenvalue weighted by Crippen LogP contribution is -2.43. The van der Waals surface area contributed by atoms with E-state index in [4.69, 9.17) is 0 Å². The molecule has 148 valence electrons. The van der Waals surface area contributed by atoms with Gasteiger partial charge < -0.3 is 10.3 Å². The largest absolute Gasteiger partial charge is 0.360 e. The first-order chi connectivity index (χ1) is 13.3. The summed E-state index contributed by atoms with van der Waals surface area (Å²) in [7, 11) is -1.74. The van der Waals surface area contributed by atoms with Crippen LogP contribution in [0.15, 0.2) is 47.5 Å². The summed E-state index contributed by atoms with van der Waals surface area (Å²) in [5, 5.41) is 3.44. The number of aromatic amines is 1. The fourth-order valence-corrected chi connectivity index (χ4v) is 6.10. The molecular formula is C20H22FN3O3S. The van der Waals surface area contributed by atoms with Crippen molar-refractivity contribution in [2.75, 3.05) is 7.05 Å². The molecule has 1 aliphatic rings. The molecule has 0 saturated carbocycles. The van der Waals surface area contributed by atoms with E-state index in [0.717, 1.165) is 22.1 Å². The number of H-pyrrole nitrogens is 1. The van der Waals surface area contributed by atoms with Crippen LogP contribution in [-0.2, 0) is 4.79 Å². The molecule has 1 aromatic heterocycles. The Kier molecular flexibility index (Phi) is 4.46. The predicted molar refractivity (Wildman–Crippen MR) is 109 cm³/mol. The third kappa shape index (κ3) is 2.72. The first-order valence-electron chi connectivity index (χ1n) is 8.95. The zero-order chi connectivity index (χ0) is 20.2. The minimum Gasteiger partial charge on any atom is -0.360 e. The van der Waals surface area contributed by atoms with Gasteiger partial charge in [0.2, 0.25) is 5.91 Å². The van der Waals surface area contributed by atoms with Crippen LogP contribution in [-0.4, -0.2) is 37.4 Å². The van der Waals surface area contributed by atoms with Gasteiger partial charge >= 0.3 is 0 Å². The van der Waals surface area contributed by atoms with Crippen LogP contribution in [0.1, 0.15) is 25.5 Å². The molecule has 0 radical (unpaired) electrons. The van der Waals surface area contributed by atoms with Crippen molar-refractivity contribution in [1.82, 2.24) is 14.6 Å². The summed E-state index contributed by atoms with van der Waals surface area (Å²) in [5.74, 6) is -0.588. The highest BCUT2D eigenvalue weighted by Crippen LogP contribution is 2.64. The Labute approximate surface area is 163 Å². The van der Waals surface area contributed by atoms with Crippen molar-refractivity contribution in [3.05, 3.63) is 54.0 Å². The second-order valence-electron chi connectivity index (χ2n) is 6.99. The highest BCUT2D eigenvalue weighted by atomic mass is 32.3. The number of rotatable bonds is 3. The highest BCUT2D eigenvalue weighted by molar-refractivity contribution is 8.22. The molecule has 4 N–H and O–H groups in total. The standard InChI is InChI=1S/C20H22FN3O3S/c1-11-16-8-13(17-10-23-18-9-14(21)5-6-15(17)18)4-7-19(16)28(26,27)24(11)12(2)20(25)22-3/h4-12,23,26-27H,1-3H3,(H,22,25). The minimum absolute atomic E-state index is 0.279. The topological polar surface area (TPSA) is 88.6 Å². The molecule has 1 amide bonds. The van der Waals surface area contributed by atoms with Gasteiger partial charge in [-0.3, -0.25) is 13.9 Å². The van der Waals surface area contributed by atoms with E-state index in [2.05, 4.69) is 10.3 Å². The molecule has 2 unspecified atom stereocenters. The van der Waals surface area contributed by atoms with Crippen molar-refractivity contribution in [3.63, 3.8) is 0 Å². The summed E-state index contributed by atoms with van der Waals surface area (Å²) in [4.78, 5) is 15.6. The van der Waals surface area contributed by atoms with Crippen LogP contribution in [0, 0.1) is 5.82 Å². The Morgan fingerprint density at radius 2 is 2.04 bits per heavy atom. The van der Waals surface area contributed by atoms with Gasteiger partial charge in [-0.15, -0.1) is 10.8 Å². The van der Waals surface area contributed by atoms with E-state index in [0.29, 0.717) is 10.4 Å². The molecule has 28 heavy (non-hydrogen) atoms. The van der Waals surface area contributed by atoms with Crippen molar-refractivity contribution in [2.45, 2.75) is 30.8 Å². The maximum absolute atomic E-state index is 13.5. The van der Waals surface area contributed by atoms with E-state index in [-0.39, 0.29) is 17.8 Å². The summed E-state index contributed by atoms with van der Waals surface area (Å²) in [6.45, 7) is 3.51. The first-order valence-corrected chi connectivity index (χ1v) is 10.5. The molecule has 0 spiro atoms. The third-order valence-electron chi connectivity index (χ3n) is 5.39. The van der Waals surface area contributed by atoms with E-state index in [1.165, 1.54) is 23.5 Å². The average Bonchev–Trinajstić information content (AvgIpc) is 3.17. The van der Waals surface area contributed by atoms with Gasteiger partial charge in [-0.2, -0.15) is 4.31 Å². The number of fused-ring (bicyclic) bond motifs is 2. The predicted octanol–water partition coefficient (Wildman–Crippen LogP) is 4.51. The smallest absolute Gasteiger partial charge is 0.238 e. The molecule has 4 rings (SSSR count). The van der Waals surface area contributed by atoms with Crippen molar-refractivity contribution in [2.24, 2.45) is 0 Å². The first kappa shape index (κ1) is 18.9. The lowest BCUT2D eigenvalue weighted by molar-refractivity contribution is -0.124. The molecule has 3 aromatic rings. The van der Waals surface area contributed by atoms with Gasteiger partial charge in [-0.05, 0) is 55.3 Å². The molecule has 6 nitrogen and oxygen atoms in total. The number of nitrogens with one attached hydrogen (secondary N) is 2. The molecule has 0 fully saturated rings. The van der Waals surface area contributed by atoms with Crippen molar-refractivity contribution in [1.29, 1.82) is 0 Å². The van der Waals surface area contributed by atoms with Crippen LogP contribution in [0.5, 0.6) is 0 Å². The van der Waals surface area contributed by atoms with E-state index >= 15 is 0 Å². The number of nitrogens with zero attached hydrogens (tertiary/aromatic N) is 1. The third-order valence-corrected chi connectivity index (χ3v) is 7.58. The Morgan fingerprint density at radius 3 is 2.75 bits per heavy atom. The molecule has 8 heteroatoms. The maximum Gasteiger partial charge on any atom is 0.238 e. The van der Waals surface area contributed by atoms with Crippen molar-refractivity contribution in [3.8, 4) is 11.1 Å². The number of likely N-dealkylation sites (N-methyl/N-ethyl adjacent to an activating group) is 1. The van der Waals surface area contributed by atoms with Gasteiger partial charge in [0.25, 0.3) is 0 Å². The number of carbonyl (C=O) groups excluding carboxylic acids is 1. The number of amides is 1. The van der Waals surface area contributed by atoms with E-state index in [1.54, 1.807) is 19.1 Å². The van der Waals surface area contributed by atoms with Crippen LogP contribution in [0.3, 0.4) is 0 Å². The summed E-state index contributed by atoms with van der Waals surface area (Å²) in [6.07, 6.45) is 1.81. The summed E-state index contributed by atoms with van der Waals surface area (Å²) in [5.41, 5.74) is 3.25. The molecule has 2 aromatic carbocycles. The van der Waals surface area contributed by atoms with Crippen LogP contribution in [0.2, 0.25) is 0 Å². The Hall–Kier alpha value is -2.39. The van der Waals surface area contributed by atoms with Crippen molar-refractivity contribution >= 4 is 27.6 Å². The van der Waals surface area contributed by atoms with Gasteiger partial charge in [-0.25, -0.2) is 4.39 Å². The zero-order valence-corrected chi connectivity index (χ0v) is 16.5. The normalized spacial score (nSPS) is 20.7. The molecule has 0 saturated heterocycles. The minimum atomic E-state index is -3.27. The number of hydrogen-bond donors (Lipinski definition) is 4. The number of aromatic nitrogens is 1. The fraction of sp³-hybridized carbons (Fsp3) is 0.250. The van der Waals surface area contributed by atoms with Gasteiger partial charge in [0, 0.05) is 29.7 Å². The summed E-state index contributed by atoms with van der Waals surface area (Å²) < 4.78 is 36.6. The van der Waals surface area contributed by atoms with E-state index in [1.807, 2.05) is 25.3 Å². The molecule has 1 aliphatic heterocycles. The lowest BCUT2D eigenvalue weighted by atomic mass is 9.99. The number of carbonyl (C=O) groups is 1. The van der Waals surface area contributed by atoms with Crippen LogP contribution >= 0.6 is 10.8 Å². The lowest BCUT2D eigenvalue weighted by Gasteiger charge is -2.41. The van der Waals surface area contributed by atoms with Gasteiger partial charge in [0.05, 0.1) is 10.9 Å². The quantitative estimate of drug-likeness (QED) is 0.518. The second kappa shape index (κ2) is 6.59. The van der Waals surface area contributed by atoms with Crippen molar-refractivity contribution < 1.29 is 18.3 Å². The van der Waals surface area contributed by atoms with Crippen LogP contribution in [0.25, 0.3) is 22.0 Å². The molecule has 2 atom stereocenters. The number of halogens is 1. The highest BCUT2D eigenvalue weighted by Gasteiger charge is 2.45. The van der Waals surface area contributed by atoms with E-state index in [9.17, 15) is 18.3 Å². The molecular weight excluding hydrogens is 381 g/mol. The fourth-order valence-electron chi connectivity index (χ4n) is 3.98. The van der Waals surface area contributed by atoms with Crippen LogP contribution in [0.4, 0.5) is 4.39 Å². The Morgan fingerprint density at radius 1 is 1.29 bits per heavy atom. The SMILES string of the molecule is CNC(=O)C(C)N1C(C)c2cc(-c3c[nH]c4cc(F)ccc34)ccc2S1(O)O. The van der Waals surface area contributed by atoms with Gasteiger partial charge in [-0.1, -0.05) is 6.07 Å². The maximum atomic E-state index is 13.5. The molecule has 0 bridgehead atoms. The summed E-state index contributed by atoms with van der Waals surface area (Å²) >= 11 is 0. The Balaban J connectivity index is 1.80. The summed E-state index contributed by atoms with van der Waals surface area (Å²) in [6, 6.07) is 8.97. The molecule has 0 aliphatic carbocycles. The number of benzene rings is 2. The average molecular weight is 403 g/mol. The molecule has 2 heterocycles.